The summed E-state index contributed by atoms with van der Waals surface area (Å²) in [5.41, 5.74) is 0.272. The smallest absolute Gasteiger partial charge is 0.132 e. The Hall–Kier alpha value is -1.13. The third kappa shape index (κ3) is 3.49. The van der Waals surface area contributed by atoms with Crippen molar-refractivity contribution in [3.63, 3.8) is 0 Å². The van der Waals surface area contributed by atoms with Gasteiger partial charge in [0.05, 0.1) is 12.7 Å². The molecule has 0 aliphatic carbocycles. The Morgan fingerprint density at radius 2 is 2.13 bits per heavy atom. The van der Waals surface area contributed by atoms with E-state index in [1.807, 2.05) is 0 Å². The molecule has 1 rings (SSSR count). The first-order valence-electron chi connectivity index (χ1n) is 4.74. The summed E-state index contributed by atoms with van der Waals surface area (Å²) in [4.78, 5) is 0. The number of methoxy groups -OCH3 is 1. The van der Waals surface area contributed by atoms with E-state index >= 15 is 0 Å². The van der Waals surface area contributed by atoms with E-state index in [-0.39, 0.29) is 5.56 Å². The summed E-state index contributed by atoms with van der Waals surface area (Å²) in [5.74, 6) is -0.0196. The van der Waals surface area contributed by atoms with Crippen LogP contribution in [0.25, 0.3) is 0 Å². The number of hydrogen-bond donors (Lipinski definition) is 1. The minimum Gasteiger partial charge on any atom is -0.491 e. The second-order valence-corrected chi connectivity index (χ2v) is 3.20. The van der Waals surface area contributed by atoms with Gasteiger partial charge in [-0.25, -0.2) is 4.39 Å². The maximum absolute atomic E-state index is 13.3. The second kappa shape index (κ2) is 5.68. The molecule has 4 heteroatoms. The monoisotopic (exact) mass is 214 g/mol. The Labute approximate surface area is 88.4 Å². The molecule has 3 nitrogen and oxygen atoms in total. The fourth-order valence-corrected chi connectivity index (χ4v) is 1.18. The molecule has 0 aromatic heterocycles. The molecule has 84 valence electrons. The molecule has 0 saturated heterocycles. The van der Waals surface area contributed by atoms with Gasteiger partial charge < -0.3 is 14.6 Å². The quantitative estimate of drug-likeness (QED) is 0.761. The number of benzene rings is 1. The van der Waals surface area contributed by atoms with Gasteiger partial charge in [-0.2, -0.15) is 0 Å². The van der Waals surface area contributed by atoms with Gasteiger partial charge in [-0.1, -0.05) is 0 Å². The maximum Gasteiger partial charge on any atom is 0.132 e. The van der Waals surface area contributed by atoms with Gasteiger partial charge in [-0.3, -0.25) is 0 Å². The molecule has 1 aromatic carbocycles. The molecule has 0 radical (unpaired) electrons. The summed E-state index contributed by atoms with van der Waals surface area (Å²) in [6.07, 6.45) is -0.807. The summed E-state index contributed by atoms with van der Waals surface area (Å²) in [7, 11) is 1.57. The van der Waals surface area contributed by atoms with Crippen molar-refractivity contribution in [3.05, 3.63) is 29.6 Å². The molecule has 0 aliphatic rings. The third-order valence-electron chi connectivity index (χ3n) is 1.98. The minimum atomic E-state index is -0.807. The van der Waals surface area contributed by atoms with Gasteiger partial charge in [-0.05, 0) is 19.1 Å². The van der Waals surface area contributed by atoms with Gasteiger partial charge in [-0.15, -0.1) is 0 Å². The molecule has 1 N–H and O–H groups in total. The van der Waals surface area contributed by atoms with Crippen molar-refractivity contribution in [3.8, 4) is 5.75 Å². The number of halogens is 1. The van der Waals surface area contributed by atoms with Crippen LogP contribution in [0.4, 0.5) is 4.39 Å². The number of aliphatic hydroxyl groups excluding tert-OH is 1. The van der Waals surface area contributed by atoms with E-state index in [2.05, 4.69) is 0 Å². The van der Waals surface area contributed by atoms with Crippen molar-refractivity contribution >= 4 is 0 Å². The van der Waals surface area contributed by atoms with Crippen LogP contribution in [0, 0.1) is 5.82 Å². The standard InChI is InChI=1S/C11H15FO3/c1-8(13)10-4-3-9(7-11(10)12)15-6-5-14-2/h3-4,7-8,13H,5-6H2,1-2H3. The van der Waals surface area contributed by atoms with E-state index in [0.29, 0.717) is 19.0 Å². The van der Waals surface area contributed by atoms with Gasteiger partial charge in [0, 0.05) is 18.7 Å². The van der Waals surface area contributed by atoms with Gasteiger partial charge in [0.2, 0.25) is 0 Å². The Morgan fingerprint density at radius 3 is 2.67 bits per heavy atom. The Morgan fingerprint density at radius 1 is 1.40 bits per heavy atom. The summed E-state index contributed by atoms with van der Waals surface area (Å²) < 4.78 is 23.4. The number of aliphatic hydroxyl groups is 1. The molecule has 0 amide bonds. The maximum atomic E-state index is 13.3. The molecule has 1 unspecified atom stereocenters. The van der Waals surface area contributed by atoms with Crippen LogP contribution in [0.2, 0.25) is 0 Å². The molecule has 0 aliphatic heterocycles. The topological polar surface area (TPSA) is 38.7 Å². The van der Waals surface area contributed by atoms with Crippen LogP contribution < -0.4 is 4.74 Å². The van der Waals surface area contributed by atoms with Gasteiger partial charge in [0.15, 0.2) is 0 Å². The van der Waals surface area contributed by atoms with Crippen LogP contribution in [0.5, 0.6) is 5.75 Å². The molecular weight excluding hydrogens is 199 g/mol. The number of hydrogen-bond acceptors (Lipinski definition) is 3. The number of ether oxygens (including phenoxy) is 2. The Kier molecular flexibility index (Phi) is 4.52. The van der Waals surface area contributed by atoms with Crippen molar-refractivity contribution < 1.29 is 19.0 Å². The first kappa shape index (κ1) is 11.9. The van der Waals surface area contributed by atoms with Crippen molar-refractivity contribution in [1.82, 2.24) is 0 Å². The predicted octanol–water partition coefficient (Wildman–Crippen LogP) is 1.90. The van der Waals surface area contributed by atoms with Crippen LogP contribution in [0.1, 0.15) is 18.6 Å². The first-order chi connectivity index (χ1) is 7.15. The van der Waals surface area contributed by atoms with E-state index < -0.39 is 11.9 Å². The van der Waals surface area contributed by atoms with Crippen molar-refractivity contribution in [1.29, 1.82) is 0 Å². The van der Waals surface area contributed by atoms with Crippen LogP contribution >= 0.6 is 0 Å². The largest absolute Gasteiger partial charge is 0.491 e. The van der Waals surface area contributed by atoms with E-state index in [1.165, 1.54) is 19.1 Å². The lowest BCUT2D eigenvalue weighted by atomic mass is 10.1. The summed E-state index contributed by atoms with van der Waals surface area (Å²) in [6.45, 7) is 2.35. The Bertz CT molecular complexity index is 313. The molecule has 1 aromatic rings. The lowest BCUT2D eigenvalue weighted by Gasteiger charge is -2.09. The fourth-order valence-electron chi connectivity index (χ4n) is 1.18. The molecule has 0 spiro atoms. The average molecular weight is 214 g/mol. The molecule has 0 fully saturated rings. The van der Waals surface area contributed by atoms with Crippen molar-refractivity contribution in [2.45, 2.75) is 13.0 Å². The molecule has 1 atom stereocenters. The lowest BCUT2D eigenvalue weighted by molar-refractivity contribution is 0.146. The summed E-state index contributed by atoms with van der Waals surface area (Å²) in [5, 5.41) is 9.21. The zero-order chi connectivity index (χ0) is 11.3. The van der Waals surface area contributed by atoms with E-state index in [9.17, 15) is 9.50 Å². The number of rotatable bonds is 5. The molecule has 0 saturated carbocycles. The van der Waals surface area contributed by atoms with E-state index in [1.54, 1.807) is 13.2 Å². The van der Waals surface area contributed by atoms with Crippen LogP contribution in [-0.2, 0) is 4.74 Å². The second-order valence-electron chi connectivity index (χ2n) is 3.20. The zero-order valence-corrected chi connectivity index (χ0v) is 8.87. The van der Waals surface area contributed by atoms with Crippen LogP contribution in [0.15, 0.2) is 18.2 Å². The third-order valence-corrected chi connectivity index (χ3v) is 1.98. The van der Waals surface area contributed by atoms with Crippen LogP contribution in [-0.4, -0.2) is 25.4 Å². The van der Waals surface area contributed by atoms with Crippen LogP contribution in [0.3, 0.4) is 0 Å². The molecular formula is C11H15FO3. The minimum absolute atomic E-state index is 0.272. The van der Waals surface area contributed by atoms with E-state index in [4.69, 9.17) is 9.47 Å². The van der Waals surface area contributed by atoms with Crippen molar-refractivity contribution in [2.24, 2.45) is 0 Å². The average Bonchev–Trinajstić information content (AvgIpc) is 2.17. The van der Waals surface area contributed by atoms with Crippen molar-refractivity contribution in [2.75, 3.05) is 20.3 Å². The normalized spacial score (nSPS) is 12.5. The molecule has 0 bridgehead atoms. The van der Waals surface area contributed by atoms with Gasteiger partial charge in [0.25, 0.3) is 0 Å². The highest BCUT2D eigenvalue weighted by Crippen LogP contribution is 2.21. The zero-order valence-electron chi connectivity index (χ0n) is 8.87. The predicted molar refractivity (Wildman–Crippen MR) is 54.4 cm³/mol. The SMILES string of the molecule is COCCOc1ccc(C(C)O)c(F)c1. The Balaban J connectivity index is 2.65. The molecule has 0 heterocycles. The van der Waals surface area contributed by atoms with E-state index in [0.717, 1.165) is 0 Å². The fraction of sp³-hybridized carbons (Fsp3) is 0.455. The highest BCUT2D eigenvalue weighted by atomic mass is 19.1. The lowest BCUT2D eigenvalue weighted by Crippen LogP contribution is -2.05. The summed E-state index contributed by atoms with van der Waals surface area (Å²) >= 11 is 0. The molecule has 15 heavy (non-hydrogen) atoms. The highest BCUT2D eigenvalue weighted by Gasteiger charge is 2.08. The summed E-state index contributed by atoms with van der Waals surface area (Å²) in [6, 6.07) is 4.40. The first-order valence-corrected chi connectivity index (χ1v) is 4.74. The van der Waals surface area contributed by atoms with Gasteiger partial charge >= 0.3 is 0 Å². The van der Waals surface area contributed by atoms with Gasteiger partial charge in [0.1, 0.15) is 18.2 Å². The highest BCUT2D eigenvalue weighted by molar-refractivity contribution is 5.29.